The lowest BCUT2D eigenvalue weighted by molar-refractivity contribution is -0.141. The Kier molecular flexibility index (Phi) is 11.9. The highest BCUT2D eigenvalue weighted by Gasteiger charge is 2.35. The lowest BCUT2D eigenvalue weighted by atomic mass is 9.82. The fourth-order valence-corrected chi connectivity index (χ4v) is 6.37. The quantitative estimate of drug-likeness (QED) is 0.180. The van der Waals surface area contributed by atoms with Crippen molar-refractivity contribution in [2.75, 3.05) is 12.9 Å². The highest BCUT2D eigenvalue weighted by atomic mass is 32.2. The molecule has 3 aromatic rings. The number of hydrogen-bond acceptors (Lipinski definition) is 7. The summed E-state index contributed by atoms with van der Waals surface area (Å²) in [6.07, 6.45) is 5.55. The van der Waals surface area contributed by atoms with Gasteiger partial charge in [0.15, 0.2) is 15.6 Å². The first-order chi connectivity index (χ1) is 21.5. The molecular weight excluding hydrogens is 592 g/mol. The number of aryl methyl sites for hydroxylation is 2. The minimum absolute atomic E-state index is 0.0863. The topological polar surface area (TPSA) is 139 Å². The van der Waals surface area contributed by atoms with E-state index in [0.717, 1.165) is 35.8 Å². The van der Waals surface area contributed by atoms with Crippen LogP contribution in [0.2, 0.25) is 0 Å². The van der Waals surface area contributed by atoms with E-state index in [9.17, 15) is 28.0 Å². The largest absolute Gasteiger partial charge is 0.494 e. The molecule has 0 unspecified atom stereocenters. The molecule has 0 saturated heterocycles. The van der Waals surface area contributed by atoms with Crippen molar-refractivity contribution in [2.24, 2.45) is 11.8 Å². The highest BCUT2D eigenvalue weighted by Crippen LogP contribution is 2.27. The molecule has 3 N–H and O–H groups in total. The molecule has 2 aliphatic heterocycles. The molecule has 0 aromatic heterocycles. The number of rotatable bonds is 8. The summed E-state index contributed by atoms with van der Waals surface area (Å²) in [6, 6.07) is 20.2. The van der Waals surface area contributed by atoms with Crippen LogP contribution in [0.5, 0.6) is 5.75 Å². The van der Waals surface area contributed by atoms with Gasteiger partial charge in [0, 0.05) is 24.2 Å². The first-order valence-electron chi connectivity index (χ1n) is 15.4. The third-order valence-electron chi connectivity index (χ3n) is 8.36. The molecule has 9 nitrogen and oxygen atoms in total. The minimum Gasteiger partial charge on any atom is -0.494 e. The Morgan fingerprint density at radius 1 is 0.956 bits per heavy atom. The van der Waals surface area contributed by atoms with E-state index < -0.39 is 39.5 Å². The first kappa shape index (κ1) is 33.9. The van der Waals surface area contributed by atoms with Crippen molar-refractivity contribution in [1.82, 2.24) is 10.8 Å². The summed E-state index contributed by atoms with van der Waals surface area (Å²) in [5.74, 6) is -2.35. The fourth-order valence-electron chi connectivity index (χ4n) is 5.74. The number of nitrogens with one attached hydrogen (secondary N) is 2. The molecule has 2 aliphatic rings. The van der Waals surface area contributed by atoms with Gasteiger partial charge in [0.2, 0.25) is 11.8 Å². The molecule has 2 amide bonds. The van der Waals surface area contributed by atoms with E-state index >= 15 is 0 Å². The van der Waals surface area contributed by atoms with Crippen molar-refractivity contribution in [3.8, 4) is 5.75 Å². The van der Waals surface area contributed by atoms with Crippen LogP contribution in [0, 0.1) is 18.8 Å². The second-order valence-electron chi connectivity index (χ2n) is 11.8. The minimum atomic E-state index is -3.46. The van der Waals surface area contributed by atoms with Gasteiger partial charge in [-0.05, 0) is 74.4 Å². The molecule has 10 heteroatoms. The van der Waals surface area contributed by atoms with Crippen molar-refractivity contribution >= 4 is 27.4 Å². The third kappa shape index (κ3) is 9.73. The molecule has 3 aromatic carbocycles. The zero-order valence-corrected chi connectivity index (χ0v) is 26.6. The smallest absolute Gasteiger partial charge is 0.247 e. The van der Waals surface area contributed by atoms with Crippen molar-refractivity contribution in [3.63, 3.8) is 0 Å². The van der Waals surface area contributed by atoms with E-state index in [2.05, 4.69) is 5.32 Å². The Balaban J connectivity index is 1.65. The number of ketones is 1. The maximum atomic E-state index is 14.1. The molecule has 0 saturated carbocycles. The van der Waals surface area contributed by atoms with Crippen molar-refractivity contribution in [1.29, 1.82) is 0 Å². The van der Waals surface area contributed by atoms with Gasteiger partial charge < -0.3 is 10.1 Å². The summed E-state index contributed by atoms with van der Waals surface area (Å²) in [6.45, 7) is 2.52. The highest BCUT2D eigenvalue weighted by molar-refractivity contribution is 7.90. The molecule has 45 heavy (non-hydrogen) atoms. The number of sulfone groups is 1. The maximum absolute atomic E-state index is 14.1. The molecule has 2 heterocycles. The standard InChI is InChI=1S/C35H42N2O7S/c1-24-10-12-25(13-11-24)7-6-9-30-31(35(40)37-41)8-4-3-5-22-44-28-18-14-26(15-19-28)23-32(36-34(30)39)33(38)27-16-20-29(21-17-27)45(2,42)43/h10-21,30-32,41H,3-9,22-23H2,1-2H3,(H,36,39)(H,37,40)/t30-,31+,32+/m1/s1. The average Bonchev–Trinajstić information content (AvgIpc) is 3.03. The summed E-state index contributed by atoms with van der Waals surface area (Å²) in [5.41, 5.74) is 5.08. The number of amides is 2. The molecule has 2 bridgehead atoms. The van der Waals surface area contributed by atoms with Gasteiger partial charge in [-0.2, -0.15) is 0 Å². The van der Waals surface area contributed by atoms with Gasteiger partial charge in [-0.15, -0.1) is 0 Å². The van der Waals surface area contributed by atoms with E-state index in [4.69, 9.17) is 4.74 Å². The van der Waals surface area contributed by atoms with Crippen LogP contribution < -0.4 is 15.5 Å². The zero-order valence-electron chi connectivity index (χ0n) is 25.8. The molecule has 0 aliphatic carbocycles. The number of benzene rings is 3. The van der Waals surface area contributed by atoms with Crippen LogP contribution in [-0.2, 0) is 32.3 Å². The fraction of sp³-hybridized carbons (Fsp3) is 0.400. The van der Waals surface area contributed by atoms with Crippen LogP contribution in [-0.4, -0.2) is 50.1 Å². The molecule has 3 atom stereocenters. The number of hydroxylamine groups is 1. The second kappa shape index (κ2) is 15.8. The van der Waals surface area contributed by atoms with Gasteiger partial charge >= 0.3 is 0 Å². The van der Waals surface area contributed by atoms with Gasteiger partial charge in [0.1, 0.15) is 5.75 Å². The lowest BCUT2D eigenvalue weighted by Crippen LogP contribution is -2.48. The van der Waals surface area contributed by atoms with E-state index in [1.807, 2.05) is 55.5 Å². The number of Topliss-reactive ketones (excluding diaryl/α,β-unsaturated/α-hetero) is 1. The van der Waals surface area contributed by atoms with Crippen LogP contribution >= 0.6 is 0 Å². The molecule has 0 spiro atoms. The maximum Gasteiger partial charge on any atom is 0.247 e. The average molecular weight is 635 g/mol. The van der Waals surface area contributed by atoms with Gasteiger partial charge in [0.25, 0.3) is 0 Å². The van der Waals surface area contributed by atoms with Crippen LogP contribution in [0.1, 0.15) is 65.6 Å². The summed E-state index contributed by atoms with van der Waals surface area (Å²) in [4.78, 5) is 41.0. The van der Waals surface area contributed by atoms with Gasteiger partial charge in [-0.3, -0.25) is 19.6 Å². The van der Waals surface area contributed by atoms with Gasteiger partial charge in [0.05, 0.1) is 23.5 Å². The van der Waals surface area contributed by atoms with E-state index in [1.165, 1.54) is 24.3 Å². The van der Waals surface area contributed by atoms with Crippen LogP contribution in [0.15, 0.2) is 77.7 Å². The summed E-state index contributed by atoms with van der Waals surface area (Å²) in [5, 5.41) is 12.6. The number of ether oxygens (including phenoxy) is 1. The van der Waals surface area contributed by atoms with Crippen molar-refractivity contribution in [3.05, 3.63) is 95.1 Å². The summed E-state index contributed by atoms with van der Waals surface area (Å²) >= 11 is 0. The van der Waals surface area contributed by atoms with E-state index in [-0.39, 0.29) is 22.7 Å². The Bertz CT molecular complexity index is 1550. The van der Waals surface area contributed by atoms with Crippen molar-refractivity contribution in [2.45, 2.75) is 69.2 Å². The number of hydrogen-bond donors (Lipinski definition) is 3. The Morgan fingerprint density at radius 3 is 2.29 bits per heavy atom. The summed E-state index contributed by atoms with van der Waals surface area (Å²) < 4.78 is 29.8. The third-order valence-corrected chi connectivity index (χ3v) is 9.49. The van der Waals surface area contributed by atoms with E-state index in [1.54, 1.807) is 5.48 Å². The van der Waals surface area contributed by atoms with Crippen LogP contribution in [0.25, 0.3) is 0 Å². The normalized spacial score (nSPS) is 19.7. The summed E-state index contributed by atoms with van der Waals surface area (Å²) in [7, 11) is -3.46. The Morgan fingerprint density at radius 2 is 1.64 bits per heavy atom. The second-order valence-corrected chi connectivity index (χ2v) is 13.9. The number of carbonyl (C=O) groups excluding carboxylic acids is 3. The number of fused-ring (bicyclic) bond motifs is 13. The molecular formula is C35H42N2O7S. The first-order valence-corrected chi connectivity index (χ1v) is 17.3. The molecule has 240 valence electrons. The van der Waals surface area contributed by atoms with E-state index in [0.29, 0.717) is 44.5 Å². The SMILES string of the molecule is Cc1ccc(CCC[C@H]2C(=O)N[C@H](C(=O)c3ccc(S(C)(=O)=O)cc3)Cc3ccc(cc3)OCCCCC[C@@H]2C(=O)NO)cc1. The van der Waals surface area contributed by atoms with Crippen LogP contribution in [0.4, 0.5) is 0 Å². The molecule has 5 rings (SSSR count). The van der Waals surface area contributed by atoms with Gasteiger partial charge in [-0.1, -0.05) is 66.9 Å². The Labute approximate surface area is 265 Å². The molecule has 0 fully saturated rings. The zero-order chi connectivity index (χ0) is 32.4. The lowest BCUT2D eigenvalue weighted by Gasteiger charge is -2.28. The monoisotopic (exact) mass is 634 g/mol. The predicted octanol–water partition coefficient (Wildman–Crippen LogP) is 5.02. The Hall–Kier alpha value is -4.02. The van der Waals surface area contributed by atoms with Crippen molar-refractivity contribution < 1.29 is 32.7 Å². The number of carbonyl (C=O) groups is 3. The predicted molar refractivity (Wildman–Crippen MR) is 171 cm³/mol. The molecule has 0 radical (unpaired) electrons. The van der Waals surface area contributed by atoms with Crippen LogP contribution in [0.3, 0.4) is 0 Å². The van der Waals surface area contributed by atoms with Gasteiger partial charge in [-0.25, -0.2) is 13.9 Å².